The van der Waals surface area contributed by atoms with Crippen molar-refractivity contribution in [2.75, 3.05) is 13.6 Å². The maximum absolute atomic E-state index is 5.77. The molecule has 0 bridgehead atoms. The van der Waals surface area contributed by atoms with Gasteiger partial charge in [0, 0.05) is 38.6 Å². The minimum absolute atomic E-state index is 0.500. The standard InChI is InChI=1S/C16H23ClN6/c1-12-9-13(2)23(22-12)8-4-7-19-16(18-3)21-11-14-5-6-15(17)20-10-14/h5-6,9-10H,4,7-8,11H2,1-3H3,(H2,18,19,21). The van der Waals surface area contributed by atoms with Crippen molar-refractivity contribution in [3.05, 3.63) is 46.5 Å². The molecule has 6 nitrogen and oxygen atoms in total. The number of aryl methyl sites for hydroxylation is 3. The largest absolute Gasteiger partial charge is 0.356 e. The average molecular weight is 335 g/mol. The number of pyridine rings is 1. The Balaban J connectivity index is 1.70. The van der Waals surface area contributed by atoms with Crippen LogP contribution in [0.25, 0.3) is 0 Å². The molecule has 0 saturated heterocycles. The molecule has 2 aromatic heterocycles. The Kier molecular flexibility index (Phi) is 6.40. The summed E-state index contributed by atoms with van der Waals surface area (Å²) in [7, 11) is 1.76. The highest BCUT2D eigenvalue weighted by atomic mass is 35.5. The Morgan fingerprint density at radius 3 is 2.74 bits per heavy atom. The summed E-state index contributed by atoms with van der Waals surface area (Å²) in [5.41, 5.74) is 3.31. The van der Waals surface area contributed by atoms with Crippen LogP contribution >= 0.6 is 11.6 Å². The van der Waals surface area contributed by atoms with Crippen LogP contribution in [0, 0.1) is 13.8 Å². The first-order valence-corrected chi connectivity index (χ1v) is 8.02. The van der Waals surface area contributed by atoms with Crippen LogP contribution in [0.3, 0.4) is 0 Å². The van der Waals surface area contributed by atoms with Crippen molar-refractivity contribution < 1.29 is 0 Å². The molecule has 0 aliphatic heterocycles. The van der Waals surface area contributed by atoms with Crippen molar-refractivity contribution >= 4 is 17.6 Å². The highest BCUT2D eigenvalue weighted by Gasteiger charge is 2.02. The SMILES string of the molecule is CN=C(NCCCn1nc(C)cc1C)NCc1ccc(Cl)nc1. The maximum Gasteiger partial charge on any atom is 0.191 e. The summed E-state index contributed by atoms with van der Waals surface area (Å²) in [6.07, 6.45) is 2.73. The molecule has 0 radical (unpaired) electrons. The smallest absolute Gasteiger partial charge is 0.191 e. The quantitative estimate of drug-likeness (QED) is 0.368. The lowest BCUT2D eigenvalue weighted by molar-refractivity contribution is 0.555. The van der Waals surface area contributed by atoms with Gasteiger partial charge in [-0.1, -0.05) is 17.7 Å². The number of hydrogen-bond acceptors (Lipinski definition) is 3. The third kappa shape index (κ3) is 5.56. The summed E-state index contributed by atoms with van der Waals surface area (Å²) in [6, 6.07) is 5.82. The molecule has 0 fully saturated rings. The molecule has 0 aromatic carbocycles. The Morgan fingerprint density at radius 2 is 2.13 bits per heavy atom. The Labute approximate surface area is 142 Å². The molecular weight excluding hydrogens is 312 g/mol. The Morgan fingerprint density at radius 1 is 1.30 bits per heavy atom. The van der Waals surface area contributed by atoms with Crippen LogP contribution in [-0.2, 0) is 13.1 Å². The van der Waals surface area contributed by atoms with Gasteiger partial charge in [-0.3, -0.25) is 9.67 Å². The van der Waals surface area contributed by atoms with E-state index in [1.165, 1.54) is 5.69 Å². The number of nitrogens with zero attached hydrogens (tertiary/aromatic N) is 4. The van der Waals surface area contributed by atoms with Crippen molar-refractivity contribution in [2.24, 2.45) is 4.99 Å². The van der Waals surface area contributed by atoms with Crippen molar-refractivity contribution in [2.45, 2.75) is 33.4 Å². The number of aromatic nitrogens is 3. The van der Waals surface area contributed by atoms with Crippen molar-refractivity contribution in [3.63, 3.8) is 0 Å². The van der Waals surface area contributed by atoms with Crippen LogP contribution in [0.1, 0.15) is 23.4 Å². The number of aliphatic imine (C=N–C) groups is 1. The fourth-order valence-electron chi connectivity index (χ4n) is 2.25. The van der Waals surface area contributed by atoms with Gasteiger partial charge in [0.25, 0.3) is 0 Å². The highest BCUT2D eigenvalue weighted by Crippen LogP contribution is 2.05. The molecule has 0 amide bonds. The second-order valence-corrected chi connectivity index (χ2v) is 5.73. The first-order valence-electron chi connectivity index (χ1n) is 7.64. The fourth-order valence-corrected chi connectivity index (χ4v) is 2.37. The minimum atomic E-state index is 0.500. The number of guanidine groups is 1. The lowest BCUT2D eigenvalue weighted by atomic mass is 10.3. The topological polar surface area (TPSA) is 67.1 Å². The first-order chi connectivity index (χ1) is 11.1. The predicted molar refractivity (Wildman–Crippen MR) is 93.8 cm³/mol. The van der Waals surface area contributed by atoms with E-state index in [0.29, 0.717) is 11.7 Å². The molecule has 0 unspecified atom stereocenters. The second kappa shape index (κ2) is 8.53. The third-order valence-electron chi connectivity index (χ3n) is 3.41. The zero-order valence-electron chi connectivity index (χ0n) is 13.8. The van der Waals surface area contributed by atoms with E-state index in [-0.39, 0.29) is 0 Å². The van der Waals surface area contributed by atoms with E-state index in [2.05, 4.69) is 38.7 Å². The molecule has 124 valence electrons. The molecule has 0 aliphatic rings. The number of hydrogen-bond donors (Lipinski definition) is 2. The van der Waals surface area contributed by atoms with Crippen molar-refractivity contribution in [1.29, 1.82) is 0 Å². The van der Waals surface area contributed by atoms with Gasteiger partial charge in [-0.2, -0.15) is 5.10 Å². The van der Waals surface area contributed by atoms with Crippen LogP contribution in [0.2, 0.25) is 5.15 Å². The maximum atomic E-state index is 5.77. The predicted octanol–water partition coefficient (Wildman–Crippen LogP) is 2.30. The van der Waals surface area contributed by atoms with Gasteiger partial charge < -0.3 is 10.6 Å². The van der Waals surface area contributed by atoms with Crippen molar-refractivity contribution in [1.82, 2.24) is 25.4 Å². The summed E-state index contributed by atoms with van der Waals surface area (Å²) in [5, 5.41) is 11.5. The average Bonchev–Trinajstić information content (AvgIpc) is 2.86. The van der Waals surface area contributed by atoms with E-state index in [1.807, 2.05) is 17.7 Å². The zero-order chi connectivity index (χ0) is 16.7. The van der Waals surface area contributed by atoms with Gasteiger partial charge >= 0.3 is 0 Å². The molecule has 2 heterocycles. The van der Waals surface area contributed by atoms with Gasteiger partial charge in [-0.05, 0) is 38.0 Å². The molecule has 7 heteroatoms. The minimum Gasteiger partial charge on any atom is -0.356 e. The Bertz CT molecular complexity index is 647. The van der Waals surface area contributed by atoms with Gasteiger partial charge in [0.2, 0.25) is 0 Å². The Hall–Kier alpha value is -2.08. The van der Waals surface area contributed by atoms with E-state index in [0.717, 1.165) is 36.7 Å². The summed E-state index contributed by atoms with van der Waals surface area (Å²) < 4.78 is 2.03. The van der Waals surface area contributed by atoms with Crippen LogP contribution < -0.4 is 10.6 Å². The summed E-state index contributed by atoms with van der Waals surface area (Å²) >= 11 is 5.77. The van der Waals surface area contributed by atoms with Gasteiger partial charge in [-0.15, -0.1) is 0 Å². The summed E-state index contributed by atoms with van der Waals surface area (Å²) in [5.74, 6) is 0.772. The molecule has 0 spiro atoms. The van der Waals surface area contributed by atoms with Gasteiger partial charge in [0.15, 0.2) is 5.96 Å². The third-order valence-corrected chi connectivity index (χ3v) is 3.64. The van der Waals surface area contributed by atoms with Crippen LogP contribution in [-0.4, -0.2) is 34.3 Å². The molecular formula is C16H23ClN6. The molecule has 2 aromatic rings. The first kappa shape index (κ1) is 17.3. The molecule has 2 N–H and O–H groups in total. The van der Waals surface area contributed by atoms with E-state index in [1.54, 1.807) is 19.3 Å². The monoisotopic (exact) mass is 334 g/mol. The second-order valence-electron chi connectivity index (χ2n) is 5.35. The van der Waals surface area contributed by atoms with E-state index < -0.39 is 0 Å². The van der Waals surface area contributed by atoms with E-state index >= 15 is 0 Å². The van der Waals surface area contributed by atoms with Crippen LogP contribution in [0.4, 0.5) is 0 Å². The molecule has 2 rings (SSSR count). The zero-order valence-corrected chi connectivity index (χ0v) is 14.6. The molecule has 0 atom stereocenters. The van der Waals surface area contributed by atoms with Crippen LogP contribution in [0.15, 0.2) is 29.4 Å². The normalized spacial score (nSPS) is 11.6. The fraction of sp³-hybridized carbons (Fsp3) is 0.438. The lowest BCUT2D eigenvalue weighted by Gasteiger charge is -2.12. The van der Waals surface area contributed by atoms with E-state index in [4.69, 9.17) is 11.6 Å². The van der Waals surface area contributed by atoms with E-state index in [9.17, 15) is 0 Å². The van der Waals surface area contributed by atoms with Gasteiger partial charge in [-0.25, -0.2) is 4.98 Å². The van der Waals surface area contributed by atoms with Crippen LogP contribution in [0.5, 0.6) is 0 Å². The summed E-state index contributed by atoms with van der Waals surface area (Å²) in [4.78, 5) is 8.27. The molecule has 0 aliphatic carbocycles. The van der Waals surface area contributed by atoms with Gasteiger partial charge in [0.05, 0.1) is 5.69 Å². The van der Waals surface area contributed by atoms with Gasteiger partial charge in [0.1, 0.15) is 5.15 Å². The van der Waals surface area contributed by atoms with Crippen molar-refractivity contribution in [3.8, 4) is 0 Å². The summed E-state index contributed by atoms with van der Waals surface area (Å²) in [6.45, 7) is 6.47. The number of nitrogens with one attached hydrogen (secondary N) is 2. The number of rotatable bonds is 6. The number of halogens is 1. The lowest BCUT2D eigenvalue weighted by Crippen LogP contribution is -2.37. The molecule has 0 saturated carbocycles. The molecule has 23 heavy (non-hydrogen) atoms. The highest BCUT2D eigenvalue weighted by molar-refractivity contribution is 6.29.